The van der Waals surface area contributed by atoms with Crippen molar-refractivity contribution in [1.29, 1.82) is 0 Å². The van der Waals surface area contributed by atoms with E-state index in [-0.39, 0.29) is 6.42 Å². The summed E-state index contributed by atoms with van der Waals surface area (Å²) in [6.45, 7) is 1.97. The van der Waals surface area contributed by atoms with Crippen molar-refractivity contribution in [3.63, 3.8) is 0 Å². The molecule has 2 N–H and O–H groups in total. The first-order valence-corrected chi connectivity index (χ1v) is 5.09. The van der Waals surface area contributed by atoms with Gasteiger partial charge < -0.3 is 9.47 Å². The second-order valence-corrected chi connectivity index (χ2v) is 3.79. The van der Waals surface area contributed by atoms with E-state index in [1.165, 1.54) is 14.2 Å². The van der Waals surface area contributed by atoms with Gasteiger partial charge in [-0.2, -0.15) is 0 Å². The monoisotopic (exact) mass is 227 g/mol. The molecule has 1 aromatic rings. The van der Waals surface area contributed by atoms with Crippen molar-refractivity contribution in [2.75, 3.05) is 14.2 Å². The summed E-state index contributed by atoms with van der Waals surface area (Å²) in [6, 6.07) is 7.72. The maximum atomic E-state index is 13.3. The maximum absolute atomic E-state index is 13.3. The van der Waals surface area contributed by atoms with Gasteiger partial charge in [-0.15, -0.1) is 0 Å². The van der Waals surface area contributed by atoms with Crippen LogP contribution in [0.4, 0.5) is 4.39 Å². The molecule has 3 nitrogen and oxygen atoms in total. The van der Waals surface area contributed by atoms with E-state index in [4.69, 9.17) is 15.2 Å². The number of rotatable bonds is 5. The first-order chi connectivity index (χ1) is 7.54. The third kappa shape index (κ3) is 2.78. The Balaban J connectivity index is 2.91. The van der Waals surface area contributed by atoms with Gasteiger partial charge >= 0.3 is 0 Å². The average Bonchev–Trinajstić information content (AvgIpc) is 2.25. The Morgan fingerprint density at radius 3 is 2.44 bits per heavy atom. The molecule has 1 rings (SSSR count). The lowest BCUT2D eigenvalue weighted by Crippen LogP contribution is -2.50. The zero-order valence-corrected chi connectivity index (χ0v) is 9.87. The van der Waals surface area contributed by atoms with E-state index in [1.807, 2.05) is 31.2 Å². The molecular weight excluding hydrogens is 209 g/mol. The molecule has 0 saturated heterocycles. The molecule has 16 heavy (non-hydrogen) atoms. The van der Waals surface area contributed by atoms with Gasteiger partial charge in [0.2, 0.25) is 12.1 Å². The van der Waals surface area contributed by atoms with Crippen LogP contribution in [0, 0.1) is 6.92 Å². The van der Waals surface area contributed by atoms with Crippen LogP contribution in [0.2, 0.25) is 0 Å². The Hall–Kier alpha value is -0.970. The van der Waals surface area contributed by atoms with Gasteiger partial charge in [0.05, 0.1) is 0 Å². The average molecular weight is 227 g/mol. The number of hydrogen-bond donors (Lipinski definition) is 1. The summed E-state index contributed by atoms with van der Waals surface area (Å²) in [5, 5.41) is 0. The Morgan fingerprint density at radius 2 is 2.00 bits per heavy atom. The second-order valence-electron chi connectivity index (χ2n) is 3.79. The van der Waals surface area contributed by atoms with E-state index in [2.05, 4.69) is 0 Å². The van der Waals surface area contributed by atoms with Crippen molar-refractivity contribution in [3.05, 3.63) is 35.4 Å². The van der Waals surface area contributed by atoms with E-state index in [0.29, 0.717) is 0 Å². The number of ether oxygens (including phenoxy) is 2. The number of methoxy groups -OCH3 is 2. The van der Waals surface area contributed by atoms with Crippen molar-refractivity contribution in [2.24, 2.45) is 5.73 Å². The second kappa shape index (κ2) is 5.39. The van der Waals surface area contributed by atoms with Gasteiger partial charge in [-0.05, 0) is 12.5 Å². The lowest BCUT2D eigenvalue weighted by Gasteiger charge is -2.32. The smallest absolute Gasteiger partial charge is 0.217 e. The number of alkyl halides is 1. The Bertz CT molecular complexity index is 338. The fourth-order valence-electron chi connectivity index (χ4n) is 1.66. The predicted octanol–water partition coefficient (Wildman–Crippen LogP) is 1.78. The van der Waals surface area contributed by atoms with Crippen LogP contribution in [-0.2, 0) is 15.9 Å². The molecule has 1 atom stereocenters. The van der Waals surface area contributed by atoms with E-state index in [9.17, 15) is 4.39 Å². The predicted molar refractivity (Wildman–Crippen MR) is 60.7 cm³/mol. The number of aryl methyl sites for hydroxylation is 1. The molecule has 0 amide bonds. The molecule has 0 aliphatic rings. The molecule has 4 heteroatoms. The van der Waals surface area contributed by atoms with Crippen LogP contribution >= 0.6 is 0 Å². The zero-order valence-electron chi connectivity index (χ0n) is 9.87. The minimum absolute atomic E-state index is 0.277. The summed E-state index contributed by atoms with van der Waals surface area (Å²) in [5.41, 5.74) is 7.29. The molecule has 0 saturated carbocycles. The van der Waals surface area contributed by atoms with Crippen LogP contribution in [0.3, 0.4) is 0 Å². The number of nitrogens with two attached hydrogens (primary N) is 1. The lowest BCUT2D eigenvalue weighted by atomic mass is 10.0. The van der Waals surface area contributed by atoms with E-state index < -0.39 is 12.1 Å². The third-order valence-electron chi connectivity index (χ3n) is 2.64. The van der Waals surface area contributed by atoms with Crippen molar-refractivity contribution in [3.8, 4) is 0 Å². The highest BCUT2D eigenvalue weighted by Crippen LogP contribution is 2.22. The molecule has 0 aromatic heterocycles. The minimum atomic E-state index is -1.69. The highest BCUT2D eigenvalue weighted by Gasteiger charge is 2.37. The molecule has 90 valence electrons. The van der Waals surface area contributed by atoms with Gasteiger partial charge in [0.1, 0.15) is 0 Å². The topological polar surface area (TPSA) is 44.5 Å². The largest absolute Gasteiger partial charge is 0.349 e. The van der Waals surface area contributed by atoms with Gasteiger partial charge in [0, 0.05) is 20.6 Å². The molecule has 0 heterocycles. The molecule has 0 aliphatic heterocycles. The summed E-state index contributed by atoms with van der Waals surface area (Å²) < 4.78 is 23.5. The summed E-state index contributed by atoms with van der Waals surface area (Å²) in [6.07, 6.45) is -1.41. The van der Waals surface area contributed by atoms with Crippen LogP contribution in [0.1, 0.15) is 11.1 Å². The van der Waals surface area contributed by atoms with E-state index in [1.54, 1.807) is 0 Å². The summed E-state index contributed by atoms with van der Waals surface area (Å²) in [7, 11) is 2.78. The van der Waals surface area contributed by atoms with Gasteiger partial charge in [-0.1, -0.05) is 29.8 Å². The van der Waals surface area contributed by atoms with Gasteiger partial charge in [0.25, 0.3) is 0 Å². The summed E-state index contributed by atoms with van der Waals surface area (Å²) in [4.78, 5) is 0. The van der Waals surface area contributed by atoms with Gasteiger partial charge in [-0.25, -0.2) is 4.39 Å². The quantitative estimate of drug-likeness (QED) is 0.616. The standard InChI is InChI=1S/C12H18FNO2/c1-9-5-4-6-10(7-9)8-12(15-2,16-3)11(13)14/h4-7,11H,8,14H2,1-3H3. The molecule has 1 aromatic carbocycles. The van der Waals surface area contributed by atoms with Gasteiger partial charge in [-0.3, -0.25) is 5.73 Å². The van der Waals surface area contributed by atoms with E-state index >= 15 is 0 Å². The molecule has 1 unspecified atom stereocenters. The van der Waals surface area contributed by atoms with Crippen LogP contribution < -0.4 is 5.73 Å². The molecule has 0 aliphatic carbocycles. The molecular formula is C12H18FNO2. The maximum Gasteiger partial charge on any atom is 0.217 e. The lowest BCUT2D eigenvalue weighted by molar-refractivity contribution is -0.240. The van der Waals surface area contributed by atoms with Crippen LogP contribution in [0.15, 0.2) is 24.3 Å². The zero-order chi connectivity index (χ0) is 12.2. The summed E-state index contributed by atoms with van der Waals surface area (Å²) >= 11 is 0. The van der Waals surface area contributed by atoms with Crippen molar-refractivity contribution in [1.82, 2.24) is 0 Å². The fourth-order valence-corrected chi connectivity index (χ4v) is 1.66. The van der Waals surface area contributed by atoms with Crippen LogP contribution in [0.25, 0.3) is 0 Å². The first-order valence-electron chi connectivity index (χ1n) is 5.09. The van der Waals surface area contributed by atoms with E-state index in [0.717, 1.165) is 11.1 Å². The van der Waals surface area contributed by atoms with Gasteiger partial charge in [0.15, 0.2) is 0 Å². The number of hydrogen-bond acceptors (Lipinski definition) is 3. The first kappa shape index (κ1) is 13.1. The number of halogens is 1. The van der Waals surface area contributed by atoms with Crippen molar-refractivity contribution < 1.29 is 13.9 Å². The van der Waals surface area contributed by atoms with Crippen molar-refractivity contribution >= 4 is 0 Å². The SMILES string of the molecule is COC(Cc1cccc(C)c1)(OC)C(N)F. The molecule has 0 fully saturated rings. The Kier molecular flexibility index (Phi) is 4.41. The van der Waals surface area contributed by atoms with Crippen LogP contribution in [-0.4, -0.2) is 26.3 Å². The molecule has 0 spiro atoms. The normalized spacial score (nSPS) is 13.8. The molecule has 0 radical (unpaired) electrons. The summed E-state index contributed by atoms with van der Waals surface area (Å²) in [5.74, 6) is -1.41. The third-order valence-corrected chi connectivity index (χ3v) is 2.64. The van der Waals surface area contributed by atoms with Crippen molar-refractivity contribution in [2.45, 2.75) is 25.4 Å². The highest BCUT2D eigenvalue weighted by molar-refractivity contribution is 5.23. The molecule has 0 bridgehead atoms. The van der Waals surface area contributed by atoms with Crippen LogP contribution in [0.5, 0.6) is 0 Å². The highest BCUT2D eigenvalue weighted by atomic mass is 19.1. The Morgan fingerprint density at radius 1 is 1.38 bits per heavy atom. The fraction of sp³-hybridized carbons (Fsp3) is 0.500. The Labute approximate surface area is 95.4 Å². The minimum Gasteiger partial charge on any atom is -0.349 e. The number of benzene rings is 1.